The van der Waals surface area contributed by atoms with E-state index in [9.17, 15) is 4.79 Å². The predicted octanol–water partition coefficient (Wildman–Crippen LogP) is 3.80. The number of methoxy groups -OCH3 is 2. The quantitative estimate of drug-likeness (QED) is 0.808. The zero-order chi connectivity index (χ0) is 16.7. The highest BCUT2D eigenvalue weighted by Crippen LogP contribution is 2.27. The molecule has 2 rings (SSSR count). The van der Waals surface area contributed by atoms with E-state index in [0.29, 0.717) is 29.4 Å². The second-order valence-corrected chi connectivity index (χ2v) is 5.18. The number of ether oxygens (including phenoxy) is 2. The monoisotopic (exact) mass is 334 g/mol. The number of carbonyl (C=O) groups is 1. The number of para-hydroxylation sites is 2. The second-order valence-electron chi connectivity index (χ2n) is 4.77. The molecule has 0 spiro atoms. The highest BCUT2D eigenvalue weighted by atomic mass is 35.5. The van der Waals surface area contributed by atoms with Crippen molar-refractivity contribution in [3.8, 4) is 11.5 Å². The molecular formula is C17H19ClN2O3. The summed E-state index contributed by atoms with van der Waals surface area (Å²) in [5.41, 5.74) is 1.49. The molecule has 0 saturated heterocycles. The first-order chi connectivity index (χ1) is 11.1. The summed E-state index contributed by atoms with van der Waals surface area (Å²) in [4.78, 5) is 12.0. The molecule has 0 aliphatic rings. The van der Waals surface area contributed by atoms with E-state index in [4.69, 9.17) is 21.1 Å². The Morgan fingerprint density at radius 3 is 2.52 bits per heavy atom. The summed E-state index contributed by atoms with van der Waals surface area (Å²) >= 11 is 6.03. The van der Waals surface area contributed by atoms with Gasteiger partial charge in [-0.2, -0.15) is 0 Å². The van der Waals surface area contributed by atoms with Crippen molar-refractivity contribution in [3.63, 3.8) is 0 Å². The van der Waals surface area contributed by atoms with Gasteiger partial charge in [-0.05, 0) is 30.3 Å². The Morgan fingerprint density at radius 1 is 1.09 bits per heavy atom. The third kappa shape index (κ3) is 4.79. The van der Waals surface area contributed by atoms with Crippen molar-refractivity contribution in [1.29, 1.82) is 0 Å². The van der Waals surface area contributed by atoms with Gasteiger partial charge in [-0.3, -0.25) is 4.79 Å². The van der Waals surface area contributed by atoms with Crippen molar-refractivity contribution in [1.82, 2.24) is 0 Å². The summed E-state index contributed by atoms with van der Waals surface area (Å²) in [6.07, 6.45) is 0.321. The minimum absolute atomic E-state index is 0.103. The van der Waals surface area contributed by atoms with Gasteiger partial charge in [0.1, 0.15) is 11.5 Å². The van der Waals surface area contributed by atoms with Crippen LogP contribution in [-0.4, -0.2) is 26.7 Å². The van der Waals surface area contributed by atoms with Crippen LogP contribution < -0.4 is 20.1 Å². The number of anilines is 2. The molecule has 1 amide bonds. The van der Waals surface area contributed by atoms with Crippen LogP contribution in [0.5, 0.6) is 11.5 Å². The van der Waals surface area contributed by atoms with E-state index >= 15 is 0 Å². The largest absolute Gasteiger partial charge is 0.495 e. The molecule has 0 aromatic heterocycles. The first-order valence-corrected chi connectivity index (χ1v) is 7.52. The standard InChI is InChI=1S/C17H19ClN2O3/c1-22-15-8-7-12(11-13(15)18)20-17(21)9-10-19-14-5-3-4-6-16(14)23-2/h3-8,11,19H,9-10H2,1-2H3,(H,20,21). The number of nitrogens with one attached hydrogen (secondary N) is 2. The van der Waals surface area contributed by atoms with Crippen LogP contribution in [0.4, 0.5) is 11.4 Å². The molecule has 0 aliphatic carbocycles. The van der Waals surface area contributed by atoms with E-state index in [1.54, 1.807) is 32.4 Å². The Kier molecular flexibility index (Phi) is 6.11. The molecule has 0 aliphatic heterocycles. The number of benzene rings is 2. The van der Waals surface area contributed by atoms with Crippen molar-refractivity contribution < 1.29 is 14.3 Å². The lowest BCUT2D eigenvalue weighted by Gasteiger charge is -2.11. The zero-order valence-electron chi connectivity index (χ0n) is 13.1. The molecule has 0 atom stereocenters. The molecule has 0 fully saturated rings. The van der Waals surface area contributed by atoms with Gasteiger partial charge in [-0.25, -0.2) is 0 Å². The highest BCUT2D eigenvalue weighted by molar-refractivity contribution is 6.32. The SMILES string of the molecule is COc1ccc(NC(=O)CCNc2ccccc2OC)cc1Cl. The van der Waals surface area contributed by atoms with Gasteiger partial charge in [0.25, 0.3) is 0 Å². The number of amides is 1. The summed E-state index contributed by atoms with van der Waals surface area (Å²) in [6, 6.07) is 12.7. The average molecular weight is 335 g/mol. The van der Waals surface area contributed by atoms with E-state index in [1.807, 2.05) is 24.3 Å². The maximum Gasteiger partial charge on any atom is 0.226 e. The smallest absolute Gasteiger partial charge is 0.226 e. The molecule has 23 heavy (non-hydrogen) atoms. The van der Waals surface area contributed by atoms with Crippen LogP contribution >= 0.6 is 11.6 Å². The minimum atomic E-state index is -0.103. The van der Waals surface area contributed by atoms with Crippen LogP contribution in [0.3, 0.4) is 0 Å². The number of hydrogen-bond acceptors (Lipinski definition) is 4. The van der Waals surface area contributed by atoms with E-state index in [1.165, 1.54) is 0 Å². The fourth-order valence-corrected chi connectivity index (χ4v) is 2.33. The molecule has 2 N–H and O–H groups in total. The first kappa shape index (κ1) is 17.0. The van der Waals surface area contributed by atoms with Crippen LogP contribution in [0.2, 0.25) is 5.02 Å². The van der Waals surface area contributed by atoms with E-state index in [2.05, 4.69) is 10.6 Å². The van der Waals surface area contributed by atoms with Crippen LogP contribution in [0.1, 0.15) is 6.42 Å². The van der Waals surface area contributed by atoms with Gasteiger partial charge in [-0.15, -0.1) is 0 Å². The molecule has 0 bridgehead atoms. The third-order valence-corrected chi connectivity index (χ3v) is 3.51. The van der Waals surface area contributed by atoms with Gasteiger partial charge in [-0.1, -0.05) is 23.7 Å². The Hall–Kier alpha value is -2.40. The van der Waals surface area contributed by atoms with Gasteiger partial charge >= 0.3 is 0 Å². The van der Waals surface area contributed by atoms with Gasteiger partial charge in [0, 0.05) is 18.7 Å². The number of hydrogen-bond donors (Lipinski definition) is 2. The van der Waals surface area contributed by atoms with Gasteiger partial charge < -0.3 is 20.1 Å². The topological polar surface area (TPSA) is 59.6 Å². The van der Waals surface area contributed by atoms with Crippen molar-refractivity contribution >= 4 is 28.9 Å². The molecule has 0 heterocycles. The summed E-state index contributed by atoms with van der Waals surface area (Å²) in [7, 11) is 3.16. The lowest BCUT2D eigenvalue weighted by Crippen LogP contribution is -2.16. The molecule has 5 nitrogen and oxygen atoms in total. The van der Waals surface area contributed by atoms with Gasteiger partial charge in [0.15, 0.2) is 0 Å². The van der Waals surface area contributed by atoms with Crippen molar-refractivity contribution in [2.75, 3.05) is 31.4 Å². The van der Waals surface area contributed by atoms with Crippen LogP contribution in [0.25, 0.3) is 0 Å². The number of carbonyl (C=O) groups excluding carboxylic acids is 1. The Labute approximate surface area is 140 Å². The normalized spacial score (nSPS) is 10.0. The fourth-order valence-electron chi connectivity index (χ4n) is 2.07. The van der Waals surface area contributed by atoms with E-state index < -0.39 is 0 Å². The summed E-state index contributed by atoms with van der Waals surface area (Å²) < 4.78 is 10.3. The lowest BCUT2D eigenvalue weighted by molar-refractivity contribution is -0.115. The van der Waals surface area contributed by atoms with Gasteiger partial charge in [0.2, 0.25) is 5.91 Å². The summed E-state index contributed by atoms with van der Waals surface area (Å²) in [5.74, 6) is 1.21. The Morgan fingerprint density at radius 2 is 1.83 bits per heavy atom. The van der Waals surface area contributed by atoms with Gasteiger partial charge in [0.05, 0.1) is 24.9 Å². The Bertz CT molecular complexity index is 677. The molecular weight excluding hydrogens is 316 g/mol. The third-order valence-electron chi connectivity index (χ3n) is 3.21. The van der Waals surface area contributed by atoms with Crippen molar-refractivity contribution in [2.45, 2.75) is 6.42 Å². The lowest BCUT2D eigenvalue weighted by atomic mass is 10.2. The number of rotatable bonds is 7. The molecule has 0 saturated carbocycles. The molecule has 2 aromatic carbocycles. The summed E-state index contributed by atoms with van der Waals surface area (Å²) in [6.45, 7) is 0.496. The van der Waals surface area contributed by atoms with E-state index in [-0.39, 0.29) is 5.91 Å². The predicted molar refractivity (Wildman–Crippen MR) is 92.7 cm³/mol. The van der Waals surface area contributed by atoms with E-state index in [0.717, 1.165) is 11.4 Å². The number of halogens is 1. The molecule has 0 unspecified atom stereocenters. The maximum absolute atomic E-state index is 12.0. The van der Waals surface area contributed by atoms with Crippen molar-refractivity contribution in [2.24, 2.45) is 0 Å². The van der Waals surface area contributed by atoms with Crippen LogP contribution in [0.15, 0.2) is 42.5 Å². The Balaban J connectivity index is 1.84. The molecule has 0 radical (unpaired) electrons. The molecule has 6 heteroatoms. The highest BCUT2D eigenvalue weighted by Gasteiger charge is 2.06. The maximum atomic E-state index is 12.0. The van der Waals surface area contributed by atoms with Crippen molar-refractivity contribution in [3.05, 3.63) is 47.5 Å². The minimum Gasteiger partial charge on any atom is -0.495 e. The average Bonchev–Trinajstić information content (AvgIpc) is 2.55. The van der Waals surface area contributed by atoms with Crippen LogP contribution in [0, 0.1) is 0 Å². The van der Waals surface area contributed by atoms with Crippen LogP contribution in [-0.2, 0) is 4.79 Å². The molecule has 122 valence electrons. The fraction of sp³-hybridized carbons (Fsp3) is 0.235. The zero-order valence-corrected chi connectivity index (χ0v) is 13.8. The first-order valence-electron chi connectivity index (χ1n) is 7.14. The molecule has 2 aromatic rings. The second kappa shape index (κ2) is 8.29. The summed E-state index contributed by atoms with van der Waals surface area (Å²) in [5, 5.41) is 6.43.